The van der Waals surface area contributed by atoms with Gasteiger partial charge in [0, 0.05) is 23.0 Å². The van der Waals surface area contributed by atoms with Crippen molar-refractivity contribution in [2.45, 2.75) is 24.9 Å². The summed E-state index contributed by atoms with van der Waals surface area (Å²) >= 11 is 12.2. The molecule has 0 spiro atoms. The number of phenolic OH excluding ortho intramolecular Hbond substituents is 1. The molecule has 0 fully saturated rings. The number of nitrogens with two attached hydrogens (primary N) is 1. The Balaban J connectivity index is 1.91. The van der Waals surface area contributed by atoms with Crippen LogP contribution in [0.15, 0.2) is 54.9 Å². The molecule has 1 aliphatic carbocycles. The molecule has 0 saturated carbocycles. The zero-order valence-corrected chi connectivity index (χ0v) is 18.1. The molecule has 9 heteroatoms. The maximum atomic E-state index is 14.6. The van der Waals surface area contributed by atoms with E-state index in [9.17, 15) is 19.1 Å². The van der Waals surface area contributed by atoms with Crippen molar-refractivity contribution >= 4 is 35.0 Å². The van der Waals surface area contributed by atoms with Gasteiger partial charge in [0.15, 0.2) is 0 Å². The van der Waals surface area contributed by atoms with E-state index < -0.39 is 29.7 Å². The van der Waals surface area contributed by atoms with E-state index in [0.29, 0.717) is 29.5 Å². The number of rotatable bonds is 5. The Bertz CT molecular complexity index is 1220. The number of hydrogen-bond donors (Lipinski definition) is 2. The fourth-order valence-electron chi connectivity index (χ4n) is 4.18. The van der Waals surface area contributed by atoms with Crippen LogP contribution >= 0.6 is 23.2 Å². The van der Waals surface area contributed by atoms with Crippen molar-refractivity contribution in [3.8, 4) is 5.75 Å². The third-order valence-electron chi connectivity index (χ3n) is 5.52. The summed E-state index contributed by atoms with van der Waals surface area (Å²) < 4.78 is 14.6. The molecule has 0 aliphatic heterocycles. The van der Waals surface area contributed by atoms with Gasteiger partial charge in [-0.25, -0.2) is 4.39 Å². The lowest BCUT2D eigenvalue weighted by atomic mass is 9.98. The third-order valence-corrected chi connectivity index (χ3v) is 5.94. The van der Waals surface area contributed by atoms with E-state index in [1.807, 2.05) is 0 Å². The minimum Gasteiger partial charge on any atom is -0.507 e. The van der Waals surface area contributed by atoms with Crippen molar-refractivity contribution in [1.82, 2.24) is 9.88 Å². The van der Waals surface area contributed by atoms with Crippen LogP contribution in [0.5, 0.6) is 5.75 Å². The molecule has 0 unspecified atom stereocenters. The van der Waals surface area contributed by atoms with Crippen LogP contribution < -0.4 is 5.73 Å². The third kappa shape index (κ3) is 4.01. The van der Waals surface area contributed by atoms with E-state index in [0.717, 1.165) is 0 Å². The monoisotopic (exact) mass is 473 g/mol. The summed E-state index contributed by atoms with van der Waals surface area (Å²) in [5, 5.41) is 10.7. The number of hydrogen-bond acceptors (Lipinski definition) is 4. The standard InChI is InChI=1S/C23H18Cl2FN3O3/c24-13-8-17-15(18(26)9-13)5-6-19(17)29(23(32)16-3-1-2-4-20(16)30)21(22(27)31)12-7-14(25)11-28-10-12/h1-4,7-11,19,21,30H,5-6H2,(H2,27,31)/t19-,21-/m1/s1. The summed E-state index contributed by atoms with van der Waals surface area (Å²) in [7, 11) is 0. The van der Waals surface area contributed by atoms with Crippen molar-refractivity contribution in [1.29, 1.82) is 0 Å². The van der Waals surface area contributed by atoms with Gasteiger partial charge < -0.3 is 15.7 Å². The van der Waals surface area contributed by atoms with E-state index >= 15 is 0 Å². The zero-order chi connectivity index (χ0) is 23.0. The molecule has 3 N–H and O–H groups in total. The van der Waals surface area contributed by atoms with Crippen molar-refractivity contribution in [3.63, 3.8) is 0 Å². The van der Waals surface area contributed by atoms with Crippen LogP contribution in [0.25, 0.3) is 0 Å². The first-order valence-electron chi connectivity index (χ1n) is 9.76. The predicted molar refractivity (Wildman–Crippen MR) is 118 cm³/mol. The number of halogens is 3. The molecular weight excluding hydrogens is 456 g/mol. The number of aromatic nitrogens is 1. The van der Waals surface area contributed by atoms with Gasteiger partial charge in [-0.2, -0.15) is 0 Å². The molecule has 2 atom stereocenters. The molecule has 164 valence electrons. The Kier molecular flexibility index (Phi) is 6.04. The molecule has 2 aromatic carbocycles. The second-order valence-electron chi connectivity index (χ2n) is 7.48. The minimum atomic E-state index is -1.27. The van der Waals surface area contributed by atoms with Gasteiger partial charge in [0.25, 0.3) is 5.91 Å². The maximum absolute atomic E-state index is 14.6. The van der Waals surface area contributed by atoms with Gasteiger partial charge >= 0.3 is 0 Å². The topological polar surface area (TPSA) is 96.5 Å². The highest BCUT2D eigenvalue weighted by molar-refractivity contribution is 6.31. The van der Waals surface area contributed by atoms with Gasteiger partial charge in [0.2, 0.25) is 5.91 Å². The number of phenols is 1. The number of para-hydroxylation sites is 1. The molecule has 6 nitrogen and oxygen atoms in total. The smallest absolute Gasteiger partial charge is 0.259 e. The largest absolute Gasteiger partial charge is 0.507 e. The van der Waals surface area contributed by atoms with Gasteiger partial charge in [-0.1, -0.05) is 35.3 Å². The first-order valence-corrected chi connectivity index (χ1v) is 10.5. The highest BCUT2D eigenvalue weighted by Gasteiger charge is 2.41. The number of benzene rings is 2. The molecule has 1 aliphatic rings. The second kappa shape index (κ2) is 8.76. The summed E-state index contributed by atoms with van der Waals surface area (Å²) in [4.78, 5) is 31.7. The number of pyridine rings is 1. The molecule has 0 bridgehead atoms. The van der Waals surface area contributed by atoms with E-state index in [2.05, 4.69) is 4.98 Å². The van der Waals surface area contributed by atoms with Gasteiger partial charge in [-0.15, -0.1) is 0 Å². The summed E-state index contributed by atoms with van der Waals surface area (Å²) in [6.45, 7) is 0. The normalized spacial score (nSPS) is 15.8. The average molecular weight is 474 g/mol. The van der Waals surface area contributed by atoms with E-state index in [4.69, 9.17) is 28.9 Å². The Hall–Kier alpha value is -3.16. The predicted octanol–water partition coefficient (Wildman–Crippen LogP) is 4.59. The number of amides is 2. The molecule has 3 aromatic rings. The molecule has 0 radical (unpaired) electrons. The lowest BCUT2D eigenvalue weighted by molar-refractivity contribution is -0.123. The van der Waals surface area contributed by atoms with Crippen molar-refractivity contribution in [3.05, 3.63) is 93.0 Å². The maximum Gasteiger partial charge on any atom is 0.259 e. The molecule has 32 heavy (non-hydrogen) atoms. The first kappa shape index (κ1) is 22.0. The summed E-state index contributed by atoms with van der Waals surface area (Å²) in [5.74, 6) is -2.21. The molecule has 0 saturated heterocycles. The summed E-state index contributed by atoms with van der Waals surface area (Å²) in [6, 6.07) is 8.25. The highest BCUT2D eigenvalue weighted by Crippen LogP contribution is 2.43. The number of aromatic hydroxyl groups is 1. The number of fused-ring (bicyclic) bond motifs is 1. The number of nitrogens with zero attached hydrogens (tertiary/aromatic N) is 2. The van der Waals surface area contributed by atoms with Crippen LogP contribution in [-0.4, -0.2) is 26.8 Å². The molecule has 1 heterocycles. The first-order chi connectivity index (χ1) is 15.3. The van der Waals surface area contributed by atoms with E-state index in [-0.39, 0.29) is 21.4 Å². The summed E-state index contributed by atoms with van der Waals surface area (Å²) in [6.07, 6.45) is 3.45. The van der Waals surface area contributed by atoms with Gasteiger partial charge in [-0.05, 0) is 54.3 Å². The van der Waals surface area contributed by atoms with Crippen LogP contribution in [-0.2, 0) is 11.2 Å². The Morgan fingerprint density at radius 3 is 2.59 bits per heavy atom. The van der Waals surface area contributed by atoms with Crippen molar-refractivity contribution < 1.29 is 19.1 Å². The van der Waals surface area contributed by atoms with Gasteiger partial charge in [-0.3, -0.25) is 14.6 Å². The van der Waals surface area contributed by atoms with Crippen LogP contribution in [0.2, 0.25) is 10.0 Å². The van der Waals surface area contributed by atoms with Crippen LogP contribution in [0.4, 0.5) is 4.39 Å². The van der Waals surface area contributed by atoms with Crippen molar-refractivity contribution in [2.75, 3.05) is 0 Å². The summed E-state index contributed by atoms with van der Waals surface area (Å²) in [5.41, 5.74) is 6.93. The van der Waals surface area contributed by atoms with E-state index in [1.165, 1.54) is 41.6 Å². The van der Waals surface area contributed by atoms with Crippen LogP contribution in [0.3, 0.4) is 0 Å². The number of primary amides is 1. The van der Waals surface area contributed by atoms with Crippen LogP contribution in [0.1, 0.15) is 45.6 Å². The Morgan fingerprint density at radius 2 is 1.91 bits per heavy atom. The lowest BCUT2D eigenvalue weighted by Crippen LogP contribution is -2.43. The van der Waals surface area contributed by atoms with Gasteiger partial charge in [0.1, 0.15) is 17.6 Å². The molecule has 4 rings (SSSR count). The van der Waals surface area contributed by atoms with E-state index in [1.54, 1.807) is 18.2 Å². The number of carbonyl (C=O) groups is 2. The van der Waals surface area contributed by atoms with Crippen LogP contribution in [0, 0.1) is 5.82 Å². The zero-order valence-electron chi connectivity index (χ0n) is 16.6. The fourth-order valence-corrected chi connectivity index (χ4v) is 4.58. The SMILES string of the molecule is NC(=O)[C@@H](c1cncc(Cl)c1)N(C(=O)c1ccccc1O)[C@@H]1CCc2c(F)cc(Cl)cc21. The van der Waals surface area contributed by atoms with Crippen molar-refractivity contribution in [2.24, 2.45) is 5.73 Å². The molecule has 1 aromatic heterocycles. The molecule has 2 amide bonds. The molecular formula is C23H18Cl2FN3O3. The number of carbonyl (C=O) groups excluding carboxylic acids is 2. The lowest BCUT2D eigenvalue weighted by Gasteiger charge is -2.36. The Morgan fingerprint density at radius 1 is 1.16 bits per heavy atom. The highest BCUT2D eigenvalue weighted by atomic mass is 35.5. The second-order valence-corrected chi connectivity index (χ2v) is 8.35. The minimum absolute atomic E-state index is 0.0234. The Labute approximate surface area is 193 Å². The van der Waals surface area contributed by atoms with Gasteiger partial charge in [0.05, 0.1) is 16.6 Å². The quantitative estimate of drug-likeness (QED) is 0.566. The fraction of sp³-hybridized carbons (Fsp3) is 0.174. The average Bonchev–Trinajstić information content (AvgIpc) is 3.15.